The minimum atomic E-state index is -0.296. The minimum Gasteiger partial charge on any atom is -0.506 e. The summed E-state index contributed by atoms with van der Waals surface area (Å²) in [5, 5.41) is 15.8. The van der Waals surface area contributed by atoms with Crippen LogP contribution >= 0.6 is 0 Å². The van der Waals surface area contributed by atoms with E-state index in [4.69, 9.17) is 10.3 Å². The maximum Gasteiger partial charge on any atom is 0.251 e. The Morgan fingerprint density at radius 2 is 2.32 bits per heavy atom. The van der Waals surface area contributed by atoms with Gasteiger partial charge in [-0.15, -0.1) is 0 Å². The molecule has 1 heterocycles. The first-order valence-corrected chi connectivity index (χ1v) is 5.72. The average Bonchev–Trinajstić information content (AvgIpc) is 2.78. The molecule has 1 amide bonds. The summed E-state index contributed by atoms with van der Waals surface area (Å²) in [6.45, 7) is 2.08. The predicted molar refractivity (Wildman–Crippen MR) is 67.6 cm³/mol. The molecule has 0 unspecified atom stereocenters. The van der Waals surface area contributed by atoms with Crippen molar-refractivity contribution in [2.75, 3.05) is 12.3 Å². The summed E-state index contributed by atoms with van der Waals surface area (Å²) in [5.74, 6) is 0.625. The molecule has 1 aromatic carbocycles. The number of rotatable bonds is 4. The minimum absolute atomic E-state index is 0.110. The number of phenols is 1. The highest BCUT2D eigenvalue weighted by atomic mass is 16.5. The van der Waals surface area contributed by atoms with E-state index < -0.39 is 0 Å². The smallest absolute Gasteiger partial charge is 0.251 e. The fraction of sp³-hybridized carbons (Fsp3) is 0.250. The molecular weight excluding hydrogens is 248 g/mol. The molecule has 2 aromatic rings. The molecule has 0 aliphatic heterocycles. The quantitative estimate of drug-likeness (QED) is 0.550. The Morgan fingerprint density at radius 3 is 2.95 bits per heavy atom. The first-order valence-electron chi connectivity index (χ1n) is 5.72. The van der Waals surface area contributed by atoms with Gasteiger partial charge in [-0.25, -0.2) is 0 Å². The first kappa shape index (κ1) is 12.9. The van der Waals surface area contributed by atoms with E-state index >= 15 is 0 Å². The van der Waals surface area contributed by atoms with Crippen LogP contribution in [0.15, 0.2) is 22.7 Å². The molecule has 4 N–H and O–H groups in total. The number of benzene rings is 1. The van der Waals surface area contributed by atoms with E-state index in [-0.39, 0.29) is 17.3 Å². The van der Waals surface area contributed by atoms with E-state index in [9.17, 15) is 9.90 Å². The topological polar surface area (TPSA) is 114 Å². The maximum absolute atomic E-state index is 11.8. The zero-order chi connectivity index (χ0) is 13.8. The summed E-state index contributed by atoms with van der Waals surface area (Å²) in [4.78, 5) is 15.8. The number of carbonyl (C=O) groups excluding carboxylic acids is 1. The van der Waals surface area contributed by atoms with Crippen LogP contribution in [0.4, 0.5) is 5.69 Å². The van der Waals surface area contributed by atoms with Crippen LogP contribution in [0.5, 0.6) is 5.75 Å². The van der Waals surface area contributed by atoms with Crippen molar-refractivity contribution < 1.29 is 14.4 Å². The van der Waals surface area contributed by atoms with E-state index in [2.05, 4.69) is 15.5 Å². The summed E-state index contributed by atoms with van der Waals surface area (Å²) in [7, 11) is 0. The van der Waals surface area contributed by atoms with Crippen LogP contribution in [0.1, 0.15) is 22.1 Å². The molecule has 0 atom stereocenters. The number of phenolic OH excluding ortho intramolecular Hbond substituents is 1. The third kappa shape index (κ3) is 3.21. The molecule has 100 valence electrons. The number of amides is 1. The van der Waals surface area contributed by atoms with Crippen LogP contribution in [0.25, 0.3) is 0 Å². The number of aryl methyl sites for hydroxylation is 1. The number of aromatic hydroxyl groups is 1. The number of nitrogens with one attached hydrogen (secondary N) is 1. The number of nitrogens with zero attached hydrogens (tertiary/aromatic N) is 2. The van der Waals surface area contributed by atoms with Crippen LogP contribution in [0.3, 0.4) is 0 Å². The molecule has 0 radical (unpaired) electrons. The molecule has 0 saturated heterocycles. The lowest BCUT2D eigenvalue weighted by Gasteiger charge is -2.05. The number of hydrogen-bond acceptors (Lipinski definition) is 6. The lowest BCUT2D eigenvalue weighted by Crippen LogP contribution is -2.25. The number of carbonyl (C=O) groups is 1. The summed E-state index contributed by atoms with van der Waals surface area (Å²) in [6.07, 6.45) is 0.476. The molecule has 7 heteroatoms. The van der Waals surface area contributed by atoms with E-state index in [0.717, 1.165) is 0 Å². The number of nitrogens with two attached hydrogens (primary N) is 1. The number of hydrogen-bond donors (Lipinski definition) is 3. The van der Waals surface area contributed by atoms with Crippen LogP contribution in [-0.2, 0) is 6.42 Å². The van der Waals surface area contributed by atoms with Crippen LogP contribution < -0.4 is 11.1 Å². The van der Waals surface area contributed by atoms with Gasteiger partial charge in [0, 0.05) is 25.5 Å². The van der Waals surface area contributed by atoms with Gasteiger partial charge in [0.1, 0.15) is 5.75 Å². The molecule has 2 rings (SSSR count). The molecule has 0 fully saturated rings. The van der Waals surface area contributed by atoms with Crippen LogP contribution in [0, 0.1) is 6.92 Å². The van der Waals surface area contributed by atoms with Crippen molar-refractivity contribution in [2.24, 2.45) is 0 Å². The SMILES string of the molecule is Cc1nc(CCNC(=O)c2ccc(N)c(O)c2)no1. The largest absolute Gasteiger partial charge is 0.506 e. The van der Waals surface area contributed by atoms with Gasteiger partial charge in [0.25, 0.3) is 5.91 Å². The van der Waals surface area contributed by atoms with Gasteiger partial charge in [-0.05, 0) is 18.2 Å². The standard InChI is InChI=1S/C12H14N4O3/c1-7-15-11(16-19-7)4-5-14-12(18)8-2-3-9(13)10(17)6-8/h2-3,6,17H,4-5,13H2,1H3,(H,14,18). The van der Waals surface area contributed by atoms with E-state index in [1.165, 1.54) is 12.1 Å². The molecule has 0 bridgehead atoms. The first-order chi connectivity index (χ1) is 9.06. The number of anilines is 1. The number of aromatic nitrogens is 2. The Balaban J connectivity index is 1.89. The van der Waals surface area contributed by atoms with Crippen molar-refractivity contribution in [2.45, 2.75) is 13.3 Å². The van der Waals surface area contributed by atoms with Gasteiger partial charge in [0.15, 0.2) is 5.82 Å². The van der Waals surface area contributed by atoms with Crippen molar-refractivity contribution in [1.82, 2.24) is 15.5 Å². The molecule has 19 heavy (non-hydrogen) atoms. The molecule has 0 aliphatic rings. The molecule has 0 saturated carbocycles. The van der Waals surface area contributed by atoms with E-state index in [1.807, 2.05) is 0 Å². The lowest BCUT2D eigenvalue weighted by molar-refractivity contribution is 0.0953. The maximum atomic E-state index is 11.8. The van der Waals surface area contributed by atoms with E-state index in [1.54, 1.807) is 13.0 Å². The third-order valence-corrected chi connectivity index (χ3v) is 2.50. The van der Waals surface area contributed by atoms with Crippen molar-refractivity contribution in [1.29, 1.82) is 0 Å². The molecule has 0 spiro atoms. The Kier molecular flexibility index (Phi) is 3.65. The van der Waals surface area contributed by atoms with Crippen molar-refractivity contribution in [3.63, 3.8) is 0 Å². The Hall–Kier alpha value is -2.57. The third-order valence-electron chi connectivity index (χ3n) is 2.50. The lowest BCUT2D eigenvalue weighted by atomic mass is 10.2. The zero-order valence-corrected chi connectivity index (χ0v) is 10.4. The number of nitrogen functional groups attached to an aromatic ring is 1. The second kappa shape index (κ2) is 5.38. The highest BCUT2D eigenvalue weighted by Crippen LogP contribution is 2.20. The van der Waals surface area contributed by atoms with Crippen molar-refractivity contribution >= 4 is 11.6 Å². The Bertz CT molecular complexity index is 594. The van der Waals surface area contributed by atoms with Gasteiger partial charge in [0.2, 0.25) is 5.89 Å². The molecular formula is C12H14N4O3. The summed E-state index contributed by atoms with van der Waals surface area (Å²) >= 11 is 0. The highest BCUT2D eigenvalue weighted by Gasteiger charge is 2.08. The van der Waals surface area contributed by atoms with Gasteiger partial charge in [0.05, 0.1) is 5.69 Å². The van der Waals surface area contributed by atoms with Gasteiger partial charge in [-0.1, -0.05) is 5.16 Å². The molecule has 1 aromatic heterocycles. The molecule has 0 aliphatic carbocycles. The van der Waals surface area contributed by atoms with Crippen molar-refractivity contribution in [3.05, 3.63) is 35.5 Å². The summed E-state index contributed by atoms with van der Waals surface area (Å²) < 4.78 is 4.81. The predicted octanol–water partition coefficient (Wildman–Crippen LogP) is 0.638. The second-order valence-electron chi connectivity index (χ2n) is 4.01. The Morgan fingerprint density at radius 1 is 1.53 bits per heavy atom. The molecule has 7 nitrogen and oxygen atoms in total. The van der Waals surface area contributed by atoms with Crippen LogP contribution in [0.2, 0.25) is 0 Å². The fourth-order valence-electron chi connectivity index (χ4n) is 1.52. The Labute approximate surface area is 109 Å². The summed E-state index contributed by atoms with van der Waals surface area (Å²) in [6, 6.07) is 4.35. The van der Waals surface area contributed by atoms with Crippen LogP contribution in [-0.4, -0.2) is 27.7 Å². The van der Waals surface area contributed by atoms with Gasteiger partial charge in [-0.3, -0.25) is 4.79 Å². The van der Waals surface area contributed by atoms with Gasteiger partial charge >= 0.3 is 0 Å². The normalized spacial score (nSPS) is 10.4. The van der Waals surface area contributed by atoms with E-state index in [0.29, 0.717) is 30.2 Å². The average molecular weight is 262 g/mol. The van der Waals surface area contributed by atoms with Crippen molar-refractivity contribution in [3.8, 4) is 5.75 Å². The zero-order valence-electron chi connectivity index (χ0n) is 10.4. The fourth-order valence-corrected chi connectivity index (χ4v) is 1.52. The highest BCUT2D eigenvalue weighted by molar-refractivity contribution is 5.95. The second-order valence-corrected chi connectivity index (χ2v) is 4.01. The summed E-state index contributed by atoms with van der Waals surface area (Å²) in [5.41, 5.74) is 6.04. The van der Waals surface area contributed by atoms with Gasteiger partial charge < -0.3 is 20.7 Å². The monoisotopic (exact) mass is 262 g/mol. The van der Waals surface area contributed by atoms with Gasteiger partial charge in [-0.2, -0.15) is 4.98 Å².